The second kappa shape index (κ2) is 5.90. The number of carbonyl (C=O) groups is 1. The lowest BCUT2D eigenvalue weighted by Crippen LogP contribution is -2.23. The van der Waals surface area contributed by atoms with Crippen LogP contribution in [0.2, 0.25) is 0 Å². The molecule has 0 atom stereocenters. The Kier molecular flexibility index (Phi) is 4.34. The Bertz CT molecular complexity index is 708. The van der Waals surface area contributed by atoms with E-state index in [0.717, 1.165) is 4.52 Å². The molecule has 0 saturated heterocycles. The van der Waals surface area contributed by atoms with Crippen LogP contribution in [0.4, 0.5) is 13.2 Å². The number of nitrogens with one attached hydrogen (secondary N) is 1. The molecule has 1 N–H and O–H groups in total. The lowest BCUT2D eigenvalue weighted by Gasteiger charge is -2.10. The summed E-state index contributed by atoms with van der Waals surface area (Å²) in [6.45, 7) is 5.67. The first kappa shape index (κ1) is 16.2. The van der Waals surface area contributed by atoms with Gasteiger partial charge < -0.3 is 5.32 Å². The van der Waals surface area contributed by atoms with Crippen LogP contribution >= 0.6 is 0 Å². The van der Waals surface area contributed by atoms with Gasteiger partial charge in [-0.25, -0.2) is 9.50 Å². The maximum atomic E-state index is 12.7. The maximum absolute atomic E-state index is 12.7. The molecule has 120 valence electrons. The van der Waals surface area contributed by atoms with Crippen LogP contribution in [0.5, 0.6) is 0 Å². The van der Waals surface area contributed by atoms with Crippen molar-refractivity contribution < 1.29 is 18.0 Å². The summed E-state index contributed by atoms with van der Waals surface area (Å²) in [6, 6.07) is 0. The van der Waals surface area contributed by atoms with Crippen LogP contribution in [0.15, 0.2) is 0 Å². The van der Waals surface area contributed by atoms with E-state index >= 15 is 0 Å². The van der Waals surface area contributed by atoms with E-state index in [9.17, 15) is 18.0 Å². The molecule has 2 aromatic heterocycles. The number of fused-ring (bicyclic) bond motifs is 1. The fraction of sp³-hybridized carbons (Fsp3) is 0.538. The van der Waals surface area contributed by atoms with Crippen molar-refractivity contribution in [1.29, 1.82) is 0 Å². The van der Waals surface area contributed by atoms with Crippen molar-refractivity contribution in [2.24, 2.45) is 0 Å². The number of carbonyl (C=O) groups excluding carboxylic acids is 1. The highest BCUT2D eigenvalue weighted by Gasteiger charge is 2.36. The zero-order chi connectivity index (χ0) is 16.5. The largest absolute Gasteiger partial charge is 0.453 e. The second-order valence-corrected chi connectivity index (χ2v) is 4.86. The number of amides is 1. The first-order valence-corrected chi connectivity index (χ1v) is 6.80. The number of aryl methyl sites for hydroxylation is 2. The number of rotatable bonds is 4. The molecular weight excluding hydrogens is 299 g/mol. The smallest absolute Gasteiger partial charge is 0.356 e. The van der Waals surface area contributed by atoms with Crippen LogP contribution < -0.4 is 5.32 Å². The van der Waals surface area contributed by atoms with Gasteiger partial charge in [0, 0.05) is 24.4 Å². The quantitative estimate of drug-likeness (QED) is 0.934. The van der Waals surface area contributed by atoms with Gasteiger partial charge in [-0.1, -0.05) is 0 Å². The molecule has 0 unspecified atom stereocenters. The van der Waals surface area contributed by atoms with Gasteiger partial charge >= 0.3 is 6.18 Å². The minimum atomic E-state index is -4.62. The van der Waals surface area contributed by atoms with Crippen LogP contribution in [0.3, 0.4) is 0 Å². The van der Waals surface area contributed by atoms with E-state index in [1.54, 1.807) is 13.8 Å². The van der Waals surface area contributed by atoms with Crippen molar-refractivity contribution in [3.63, 3.8) is 0 Å². The number of aromatic nitrogens is 4. The van der Waals surface area contributed by atoms with Crippen LogP contribution in [-0.4, -0.2) is 32.0 Å². The van der Waals surface area contributed by atoms with E-state index in [0.29, 0.717) is 29.9 Å². The van der Waals surface area contributed by atoms with Gasteiger partial charge in [-0.15, -0.1) is 5.10 Å². The number of nitrogens with zero attached hydrogens (tertiary/aromatic N) is 4. The molecule has 0 saturated carbocycles. The van der Waals surface area contributed by atoms with Crippen molar-refractivity contribution in [1.82, 2.24) is 24.9 Å². The third kappa shape index (κ3) is 3.18. The Hall–Kier alpha value is -2.19. The summed E-state index contributed by atoms with van der Waals surface area (Å²) in [5.41, 5.74) is 1.77. The van der Waals surface area contributed by atoms with Gasteiger partial charge in [-0.2, -0.15) is 18.2 Å². The second-order valence-electron chi connectivity index (χ2n) is 4.86. The van der Waals surface area contributed by atoms with Crippen LogP contribution in [0, 0.1) is 13.8 Å². The Labute approximate surface area is 124 Å². The van der Waals surface area contributed by atoms with Crippen LogP contribution in [-0.2, 0) is 17.4 Å². The summed E-state index contributed by atoms with van der Waals surface area (Å²) in [6.07, 6.45) is -3.99. The number of alkyl halides is 3. The molecule has 0 aliphatic carbocycles. The standard InChI is InChI=1S/C13H16F3N5O/c1-4-17-10(22)6-5-9-7(2)18-12-19-11(13(14,15)16)20-21(12)8(9)3/h4-6H2,1-3H3,(H,17,22). The predicted octanol–water partition coefficient (Wildman–Crippen LogP) is 1.83. The van der Waals surface area contributed by atoms with Crippen molar-refractivity contribution in [3.05, 3.63) is 22.8 Å². The molecule has 2 aromatic rings. The van der Waals surface area contributed by atoms with Crippen molar-refractivity contribution in [2.75, 3.05) is 6.54 Å². The van der Waals surface area contributed by atoms with Crippen molar-refractivity contribution in [3.8, 4) is 0 Å². The van der Waals surface area contributed by atoms with Crippen LogP contribution in [0.25, 0.3) is 5.78 Å². The van der Waals surface area contributed by atoms with Gasteiger partial charge in [0.15, 0.2) is 0 Å². The van der Waals surface area contributed by atoms with Gasteiger partial charge in [-0.3, -0.25) is 4.79 Å². The van der Waals surface area contributed by atoms with E-state index in [4.69, 9.17) is 0 Å². The van der Waals surface area contributed by atoms with Gasteiger partial charge in [0.05, 0.1) is 0 Å². The molecule has 0 aromatic carbocycles. The number of halogens is 3. The van der Waals surface area contributed by atoms with E-state index in [1.807, 2.05) is 6.92 Å². The normalized spacial score (nSPS) is 11.9. The fourth-order valence-electron chi connectivity index (χ4n) is 2.21. The Morgan fingerprint density at radius 3 is 2.55 bits per heavy atom. The molecule has 9 heteroatoms. The van der Waals surface area contributed by atoms with Gasteiger partial charge in [-0.05, 0) is 32.8 Å². The minimum absolute atomic E-state index is 0.0934. The van der Waals surface area contributed by atoms with Gasteiger partial charge in [0.1, 0.15) is 0 Å². The number of hydrogen-bond donors (Lipinski definition) is 1. The first-order chi connectivity index (χ1) is 10.2. The van der Waals surface area contributed by atoms with Crippen molar-refractivity contribution >= 4 is 11.7 Å². The zero-order valence-electron chi connectivity index (χ0n) is 12.5. The summed E-state index contributed by atoms with van der Waals surface area (Å²) < 4.78 is 39.1. The van der Waals surface area contributed by atoms with Crippen LogP contribution in [0.1, 0.15) is 36.1 Å². The topological polar surface area (TPSA) is 72.2 Å². The van der Waals surface area contributed by atoms with E-state index in [2.05, 4.69) is 20.4 Å². The summed E-state index contributed by atoms with van der Waals surface area (Å²) in [7, 11) is 0. The molecule has 22 heavy (non-hydrogen) atoms. The third-order valence-electron chi connectivity index (χ3n) is 3.28. The third-order valence-corrected chi connectivity index (χ3v) is 3.28. The Morgan fingerprint density at radius 1 is 1.27 bits per heavy atom. The molecule has 1 amide bonds. The average Bonchev–Trinajstić information content (AvgIpc) is 2.82. The highest BCUT2D eigenvalue weighted by atomic mass is 19.4. The maximum Gasteiger partial charge on any atom is 0.453 e. The highest BCUT2D eigenvalue weighted by Crippen LogP contribution is 2.27. The molecular formula is C13H16F3N5O. The number of hydrogen-bond acceptors (Lipinski definition) is 4. The van der Waals surface area contributed by atoms with E-state index in [-0.39, 0.29) is 18.1 Å². The molecule has 0 spiro atoms. The van der Waals surface area contributed by atoms with Crippen molar-refractivity contribution in [2.45, 2.75) is 39.8 Å². The summed E-state index contributed by atoms with van der Waals surface area (Å²) in [5.74, 6) is -1.43. The molecule has 0 radical (unpaired) electrons. The van der Waals surface area contributed by atoms with Gasteiger partial charge in [0.25, 0.3) is 11.6 Å². The molecule has 2 heterocycles. The zero-order valence-corrected chi connectivity index (χ0v) is 12.5. The Balaban J connectivity index is 2.37. The molecule has 0 aliphatic rings. The summed E-state index contributed by atoms with van der Waals surface area (Å²) in [4.78, 5) is 19.0. The van der Waals surface area contributed by atoms with Gasteiger partial charge in [0.2, 0.25) is 5.91 Å². The van der Waals surface area contributed by atoms with E-state index in [1.165, 1.54) is 0 Å². The summed E-state index contributed by atoms with van der Waals surface area (Å²) >= 11 is 0. The molecule has 2 rings (SSSR count). The fourth-order valence-corrected chi connectivity index (χ4v) is 2.21. The van der Waals surface area contributed by atoms with E-state index < -0.39 is 12.0 Å². The molecule has 0 bridgehead atoms. The molecule has 0 fully saturated rings. The lowest BCUT2D eigenvalue weighted by molar-refractivity contribution is -0.144. The Morgan fingerprint density at radius 2 is 1.95 bits per heavy atom. The summed E-state index contributed by atoms with van der Waals surface area (Å²) in [5, 5.41) is 6.14. The minimum Gasteiger partial charge on any atom is -0.356 e. The first-order valence-electron chi connectivity index (χ1n) is 6.80. The SMILES string of the molecule is CCNC(=O)CCc1c(C)nc2nc(C(F)(F)F)nn2c1C. The highest BCUT2D eigenvalue weighted by molar-refractivity contribution is 5.76. The monoisotopic (exact) mass is 315 g/mol. The lowest BCUT2D eigenvalue weighted by atomic mass is 10.1. The average molecular weight is 315 g/mol. The molecule has 6 nitrogen and oxygen atoms in total. The predicted molar refractivity (Wildman–Crippen MR) is 72.3 cm³/mol. The molecule has 0 aliphatic heterocycles.